The quantitative estimate of drug-likeness (QED) is 0.0855. The van der Waals surface area contributed by atoms with E-state index in [1.165, 1.54) is 25.2 Å². The number of aryl methyl sites for hydroxylation is 1. The number of nitrogens with zero attached hydrogens (tertiary/aromatic N) is 5. The van der Waals surface area contributed by atoms with E-state index in [0.29, 0.717) is 29.2 Å². The number of urea groups is 1. The van der Waals surface area contributed by atoms with Crippen molar-refractivity contribution < 1.29 is 38.7 Å². The van der Waals surface area contributed by atoms with Crippen molar-refractivity contribution in [3.63, 3.8) is 0 Å². The lowest BCUT2D eigenvalue weighted by Gasteiger charge is -2.28. The SMILES string of the molecule is CCc1cc(C(C)(C)c2ccc(OCc3ccnc(N(C)O)n3)cc2)cc(C#N)c1OCCNC(=O)Nc1ccc2c(c1)C(=O)N(C1CCC(=O)NC1=O)C2=O. The minimum atomic E-state index is -1.09. The number of hydrogen-bond donors (Lipinski definition) is 4. The van der Waals surface area contributed by atoms with Crippen molar-refractivity contribution in [3.05, 3.63) is 106 Å². The van der Waals surface area contributed by atoms with Gasteiger partial charge in [0.05, 0.1) is 28.9 Å². The number of imide groups is 2. The zero-order valence-corrected chi connectivity index (χ0v) is 31.2. The number of rotatable bonds is 13. The summed E-state index contributed by atoms with van der Waals surface area (Å²) in [4.78, 5) is 71.8. The average Bonchev–Trinajstić information content (AvgIpc) is 3.43. The highest BCUT2D eigenvalue weighted by molar-refractivity contribution is 6.24. The van der Waals surface area contributed by atoms with Gasteiger partial charge in [-0.15, -0.1) is 0 Å². The second-order valence-corrected chi connectivity index (χ2v) is 13.7. The first-order chi connectivity index (χ1) is 26.8. The largest absolute Gasteiger partial charge is 0.490 e. The third-order valence-corrected chi connectivity index (χ3v) is 9.67. The maximum Gasteiger partial charge on any atom is 0.319 e. The van der Waals surface area contributed by atoms with Crippen LogP contribution in [0.1, 0.15) is 82.3 Å². The summed E-state index contributed by atoms with van der Waals surface area (Å²) < 4.78 is 12.0. The van der Waals surface area contributed by atoms with E-state index in [1.54, 1.807) is 12.3 Å². The molecule has 2 aliphatic rings. The van der Waals surface area contributed by atoms with Crippen molar-refractivity contribution in [3.8, 4) is 17.6 Å². The Morgan fingerprint density at radius 1 is 1.04 bits per heavy atom. The first-order valence-corrected chi connectivity index (χ1v) is 17.9. The van der Waals surface area contributed by atoms with Crippen molar-refractivity contribution in [2.45, 2.75) is 58.1 Å². The van der Waals surface area contributed by atoms with Crippen molar-refractivity contribution >= 4 is 41.3 Å². The van der Waals surface area contributed by atoms with Crippen LogP contribution in [0.2, 0.25) is 0 Å². The molecule has 1 atom stereocenters. The smallest absolute Gasteiger partial charge is 0.319 e. The molecule has 56 heavy (non-hydrogen) atoms. The summed E-state index contributed by atoms with van der Waals surface area (Å²) >= 11 is 0. The molecule has 16 heteroatoms. The van der Waals surface area contributed by atoms with Gasteiger partial charge >= 0.3 is 6.03 Å². The van der Waals surface area contributed by atoms with Gasteiger partial charge in [0.1, 0.15) is 36.8 Å². The van der Waals surface area contributed by atoms with Crippen LogP contribution in [0.5, 0.6) is 11.5 Å². The Kier molecular flexibility index (Phi) is 11.3. The minimum absolute atomic E-state index is 0.00903. The van der Waals surface area contributed by atoms with Gasteiger partial charge in [0.25, 0.3) is 11.8 Å². The summed E-state index contributed by atoms with van der Waals surface area (Å²) in [6, 6.07) is 18.0. The fraction of sp³-hybridized carbons (Fsp3) is 0.300. The molecule has 6 rings (SSSR count). The molecule has 6 amide bonds. The van der Waals surface area contributed by atoms with Crippen LogP contribution in [-0.2, 0) is 28.0 Å². The highest BCUT2D eigenvalue weighted by Crippen LogP contribution is 2.37. The van der Waals surface area contributed by atoms with Crippen LogP contribution in [-0.4, -0.2) is 76.0 Å². The highest BCUT2D eigenvalue weighted by Gasteiger charge is 2.44. The molecular formula is C40H40N8O8. The molecule has 1 aromatic heterocycles. The number of nitrogens with one attached hydrogen (secondary N) is 3. The first kappa shape index (κ1) is 38.9. The third-order valence-electron chi connectivity index (χ3n) is 9.67. The van der Waals surface area contributed by atoms with E-state index in [0.717, 1.165) is 26.7 Å². The minimum Gasteiger partial charge on any atom is -0.490 e. The molecule has 1 saturated heterocycles. The Morgan fingerprint density at radius 3 is 2.48 bits per heavy atom. The van der Waals surface area contributed by atoms with Gasteiger partial charge in [-0.3, -0.25) is 34.6 Å². The van der Waals surface area contributed by atoms with Crippen LogP contribution in [0.25, 0.3) is 0 Å². The standard InChI is InChI=1S/C40H40N8O8/c1-5-23-18-26(40(2,3)25-6-9-29(10-7-25)56-22-28-14-15-42-38(44-28)47(4)54)19-24(21-41)34(23)55-17-16-43-39(53)45-27-8-11-30-31(20-27)37(52)48(36(30)51)32-12-13-33(49)46-35(32)50/h6-11,14-15,18-20,32,54H,5,12-13,16-17,22H2,1-4H3,(H2,43,45,53)(H,46,49,50). The Bertz CT molecular complexity index is 2250. The summed E-state index contributed by atoms with van der Waals surface area (Å²) in [5.74, 6) is -1.26. The number of anilines is 2. The maximum absolute atomic E-state index is 13.1. The van der Waals surface area contributed by atoms with Gasteiger partial charge in [0, 0.05) is 30.8 Å². The van der Waals surface area contributed by atoms with Crippen LogP contribution in [0.4, 0.5) is 16.4 Å². The van der Waals surface area contributed by atoms with E-state index < -0.39 is 41.1 Å². The lowest BCUT2D eigenvalue weighted by Crippen LogP contribution is -2.54. The van der Waals surface area contributed by atoms with E-state index in [9.17, 15) is 34.4 Å². The molecule has 16 nitrogen and oxygen atoms in total. The van der Waals surface area contributed by atoms with Gasteiger partial charge in [-0.1, -0.05) is 39.0 Å². The predicted octanol–water partition coefficient (Wildman–Crippen LogP) is 4.24. The number of hydroxylamine groups is 1. The highest BCUT2D eigenvalue weighted by atomic mass is 16.5. The van der Waals surface area contributed by atoms with Crippen LogP contribution in [0, 0.1) is 11.3 Å². The topological polar surface area (TPSA) is 216 Å². The van der Waals surface area contributed by atoms with Crippen LogP contribution in [0.15, 0.2) is 66.9 Å². The fourth-order valence-electron chi connectivity index (χ4n) is 6.52. The van der Waals surface area contributed by atoms with Crippen LogP contribution >= 0.6 is 0 Å². The second-order valence-electron chi connectivity index (χ2n) is 13.7. The Labute approximate surface area is 322 Å². The number of nitriles is 1. The van der Waals surface area contributed by atoms with Gasteiger partial charge in [-0.2, -0.15) is 5.26 Å². The van der Waals surface area contributed by atoms with Gasteiger partial charge in [0.2, 0.25) is 17.8 Å². The molecule has 0 saturated carbocycles. The van der Waals surface area contributed by atoms with Gasteiger partial charge in [0.15, 0.2) is 0 Å². The number of benzene rings is 3. The molecule has 4 N–H and O–H groups in total. The first-order valence-electron chi connectivity index (χ1n) is 17.9. The zero-order chi connectivity index (χ0) is 40.1. The van der Waals surface area contributed by atoms with Crippen LogP contribution in [0.3, 0.4) is 0 Å². The second kappa shape index (κ2) is 16.2. The zero-order valence-electron chi connectivity index (χ0n) is 31.2. The molecule has 3 aromatic carbocycles. The normalized spacial score (nSPS) is 15.1. The Morgan fingerprint density at radius 2 is 1.79 bits per heavy atom. The molecule has 0 aliphatic carbocycles. The Balaban J connectivity index is 1.04. The molecule has 4 aromatic rings. The van der Waals surface area contributed by atoms with Crippen LogP contribution < -0.4 is 30.5 Å². The summed E-state index contributed by atoms with van der Waals surface area (Å²) in [6.07, 6.45) is 2.18. The van der Waals surface area contributed by atoms with Crippen molar-refractivity contribution in [1.29, 1.82) is 5.26 Å². The third kappa shape index (κ3) is 8.12. The van der Waals surface area contributed by atoms with E-state index in [1.807, 2.05) is 43.3 Å². The molecule has 1 fully saturated rings. The predicted molar refractivity (Wildman–Crippen MR) is 201 cm³/mol. The molecule has 1 unspecified atom stereocenters. The monoisotopic (exact) mass is 760 g/mol. The van der Waals surface area contributed by atoms with E-state index >= 15 is 0 Å². The van der Waals surface area contributed by atoms with E-state index in [2.05, 4.69) is 45.8 Å². The van der Waals surface area contributed by atoms with Crippen molar-refractivity contribution in [2.75, 3.05) is 30.6 Å². The summed E-state index contributed by atoms with van der Waals surface area (Å²) in [7, 11) is 1.44. The number of piperidine rings is 1. The number of amides is 6. The maximum atomic E-state index is 13.1. The lowest BCUT2D eigenvalue weighted by molar-refractivity contribution is -0.136. The molecule has 288 valence electrons. The summed E-state index contributed by atoms with van der Waals surface area (Å²) in [5.41, 5.74) is 3.61. The molecule has 0 radical (unpaired) electrons. The lowest BCUT2D eigenvalue weighted by atomic mass is 9.77. The molecule has 0 spiro atoms. The molecule has 2 aliphatic heterocycles. The number of fused-ring (bicyclic) bond motifs is 1. The number of carbonyl (C=O) groups is 5. The molecule has 3 heterocycles. The number of hydrogen-bond acceptors (Lipinski definition) is 12. The number of ether oxygens (including phenoxy) is 2. The van der Waals surface area contributed by atoms with Gasteiger partial charge in [-0.25, -0.2) is 19.8 Å². The molecule has 0 bridgehead atoms. The van der Waals surface area contributed by atoms with Crippen molar-refractivity contribution in [2.24, 2.45) is 0 Å². The van der Waals surface area contributed by atoms with Gasteiger partial charge < -0.3 is 20.1 Å². The fourth-order valence-corrected chi connectivity index (χ4v) is 6.52. The average molecular weight is 761 g/mol. The summed E-state index contributed by atoms with van der Waals surface area (Å²) in [6.45, 7) is 6.44. The van der Waals surface area contributed by atoms with E-state index in [4.69, 9.17) is 9.47 Å². The Hall–Kier alpha value is -6.86. The van der Waals surface area contributed by atoms with Crippen molar-refractivity contribution in [1.82, 2.24) is 25.5 Å². The van der Waals surface area contributed by atoms with Gasteiger partial charge in [-0.05, 0) is 72.0 Å². The number of aromatic nitrogens is 2. The molecular weight excluding hydrogens is 720 g/mol. The van der Waals surface area contributed by atoms with E-state index in [-0.39, 0.29) is 55.4 Å². The number of carbonyl (C=O) groups excluding carboxylic acids is 5. The summed E-state index contributed by atoms with van der Waals surface area (Å²) in [5, 5.41) is 28.0.